The van der Waals surface area contributed by atoms with Crippen molar-refractivity contribution in [2.75, 3.05) is 4.90 Å². The van der Waals surface area contributed by atoms with Crippen molar-refractivity contribution in [2.24, 2.45) is 0 Å². The van der Waals surface area contributed by atoms with Gasteiger partial charge < -0.3 is 0 Å². The number of ketones is 1. The highest BCUT2D eigenvalue weighted by Gasteiger charge is 2.37. The highest BCUT2D eigenvalue weighted by Crippen LogP contribution is 2.31. The fraction of sp³-hybridized carbons (Fsp3) is 0.0714. The zero-order valence-electron chi connectivity index (χ0n) is 10.1. The van der Waals surface area contributed by atoms with Crippen molar-refractivity contribution in [3.8, 4) is 0 Å². The first-order valence-corrected chi connectivity index (χ1v) is 5.83. The molecule has 3 rings (SSSR count). The van der Waals surface area contributed by atoms with Crippen LogP contribution in [-0.4, -0.2) is 16.7 Å². The van der Waals surface area contributed by atoms with Gasteiger partial charge in [0.15, 0.2) is 11.6 Å². The Labute approximate surface area is 112 Å². The maximum atomic E-state index is 13.3. The van der Waals surface area contributed by atoms with Crippen LogP contribution in [0.3, 0.4) is 0 Å². The van der Waals surface area contributed by atoms with Crippen LogP contribution in [0.15, 0.2) is 36.5 Å². The summed E-state index contributed by atoms with van der Waals surface area (Å²) in [5, 5.41) is 0. The number of halogens is 2. The molecule has 100 valence electrons. The summed E-state index contributed by atoms with van der Waals surface area (Å²) in [6, 6.07) is 6.73. The molecule has 1 aromatic heterocycles. The van der Waals surface area contributed by atoms with Gasteiger partial charge in [-0.3, -0.25) is 19.5 Å². The molecule has 1 amide bonds. The quantitative estimate of drug-likeness (QED) is 0.788. The van der Waals surface area contributed by atoms with Crippen molar-refractivity contribution in [3.05, 3.63) is 59.4 Å². The number of anilines is 1. The molecule has 0 radical (unpaired) electrons. The van der Waals surface area contributed by atoms with Gasteiger partial charge in [0.1, 0.15) is 0 Å². The van der Waals surface area contributed by atoms with Gasteiger partial charge in [-0.2, -0.15) is 0 Å². The monoisotopic (exact) mass is 274 g/mol. The third kappa shape index (κ3) is 1.85. The van der Waals surface area contributed by atoms with E-state index in [-0.39, 0.29) is 17.8 Å². The van der Waals surface area contributed by atoms with Gasteiger partial charge >= 0.3 is 0 Å². The Morgan fingerprint density at radius 3 is 2.55 bits per heavy atom. The predicted molar refractivity (Wildman–Crippen MR) is 66.1 cm³/mol. The van der Waals surface area contributed by atoms with Crippen LogP contribution in [0, 0.1) is 11.6 Å². The fourth-order valence-electron chi connectivity index (χ4n) is 2.10. The molecule has 0 unspecified atom stereocenters. The van der Waals surface area contributed by atoms with E-state index in [1.165, 1.54) is 0 Å². The van der Waals surface area contributed by atoms with Crippen LogP contribution in [0.1, 0.15) is 16.1 Å². The van der Waals surface area contributed by atoms with Gasteiger partial charge in [-0.25, -0.2) is 8.78 Å². The summed E-state index contributed by atoms with van der Waals surface area (Å²) in [5.41, 5.74) is 0.501. The van der Waals surface area contributed by atoms with Crippen molar-refractivity contribution < 1.29 is 18.4 Å². The molecule has 2 heterocycles. The van der Waals surface area contributed by atoms with Gasteiger partial charge in [0, 0.05) is 12.3 Å². The van der Waals surface area contributed by atoms with E-state index in [0.29, 0.717) is 5.69 Å². The molecular formula is C14H8F2N2O2. The molecule has 0 bridgehead atoms. The summed E-state index contributed by atoms with van der Waals surface area (Å²) < 4.78 is 26.5. The largest absolute Gasteiger partial charge is 0.299 e. The lowest BCUT2D eigenvalue weighted by atomic mass is 10.1. The van der Waals surface area contributed by atoms with E-state index in [1.807, 2.05) is 0 Å². The normalized spacial score (nSPS) is 13.8. The number of nitrogens with zero attached hydrogens (tertiary/aromatic N) is 2. The minimum Gasteiger partial charge on any atom is -0.299 e. The molecule has 0 spiro atoms. The summed E-state index contributed by atoms with van der Waals surface area (Å²) in [4.78, 5) is 28.8. The second kappa shape index (κ2) is 4.48. The van der Waals surface area contributed by atoms with Crippen molar-refractivity contribution >= 4 is 17.4 Å². The Bertz CT molecular complexity index is 717. The highest BCUT2D eigenvalue weighted by atomic mass is 19.2. The van der Waals surface area contributed by atoms with Crippen LogP contribution in [0.4, 0.5) is 14.5 Å². The van der Waals surface area contributed by atoms with Gasteiger partial charge in [0.05, 0.1) is 23.5 Å². The van der Waals surface area contributed by atoms with Crippen LogP contribution < -0.4 is 4.90 Å². The molecule has 2 aromatic rings. The van der Waals surface area contributed by atoms with Gasteiger partial charge in [-0.05, 0) is 18.2 Å². The number of aromatic nitrogens is 1. The number of pyridine rings is 1. The molecule has 1 aromatic carbocycles. The number of benzene rings is 1. The van der Waals surface area contributed by atoms with E-state index in [9.17, 15) is 18.4 Å². The van der Waals surface area contributed by atoms with Gasteiger partial charge in [0.25, 0.3) is 11.7 Å². The number of rotatable bonds is 2. The first-order chi connectivity index (χ1) is 9.58. The number of carbonyl (C=O) groups is 2. The maximum Gasteiger partial charge on any atom is 0.299 e. The predicted octanol–water partition coefficient (Wildman–Crippen LogP) is 2.09. The minimum atomic E-state index is -1.15. The zero-order chi connectivity index (χ0) is 14.3. The van der Waals surface area contributed by atoms with Crippen molar-refractivity contribution in [1.82, 2.24) is 4.98 Å². The standard InChI is InChI=1S/C14H8F2N2O2/c15-10-5-9-12(6-11(10)16)18(14(20)13(9)19)7-8-3-1-2-4-17-8/h1-6H,7H2. The third-order valence-electron chi connectivity index (χ3n) is 3.06. The Morgan fingerprint density at radius 2 is 1.85 bits per heavy atom. The van der Waals surface area contributed by atoms with Crippen LogP contribution in [-0.2, 0) is 11.3 Å². The molecule has 0 aliphatic carbocycles. The average molecular weight is 274 g/mol. The Kier molecular flexibility index (Phi) is 2.78. The second-order valence-electron chi connectivity index (χ2n) is 4.32. The van der Waals surface area contributed by atoms with Gasteiger partial charge in [-0.15, -0.1) is 0 Å². The molecule has 0 saturated heterocycles. The molecule has 20 heavy (non-hydrogen) atoms. The summed E-state index contributed by atoms with van der Waals surface area (Å²) in [7, 11) is 0. The lowest BCUT2D eigenvalue weighted by molar-refractivity contribution is -0.114. The summed E-state index contributed by atoms with van der Waals surface area (Å²) in [6.45, 7) is 0.0312. The van der Waals surface area contributed by atoms with Gasteiger partial charge in [0.2, 0.25) is 0 Å². The highest BCUT2D eigenvalue weighted by molar-refractivity contribution is 6.52. The Balaban J connectivity index is 2.04. The number of hydrogen-bond acceptors (Lipinski definition) is 3. The molecule has 1 aliphatic heterocycles. The zero-order valence-corrected chi connectivity index (χ0v) is 10.1. The SMILES string of the molecule is O=C1C(=O)N(Cc2ccccn2)c2cc(F)c(F)cc21. The number of hydrogen-bond donors (Lipinski definition) is 0. The summed E-state index contributed by atoms with van der Waals surface area (Å²) >= 11 is 0. The van der Waals surface area contributed by atoms with E-state index in [2.05, 4.69) is 4.98 Å². The molecule has 0 fully saturated rings. The maximum absolute atomic E-state index is 13.3. The number of fused-ring (bicyclic) bond motifs is 1. The number of amides is 1. The molecule has 0 saturated carbocycles. The summed E-state index contributed by atoms with van der Waals surface area (Å²) in [6.07, 6.45) is 1.55. The number of carbonyl (C=O) groups excluding carboxylic acids is 2. The van der Waals surface area contributed by atoms with Crippen molar-refractivity contribution in [2.45, 2.75) is 6.54 Å². The Hall–Kier alpha value is -2.63. The average Bonchev–Trinajstić information content (AvgIpc) is 2.66. The second-order valence-corrected chi connectivity index (χ2v) is 4.32. The molecule has 1 aliphatic rings. The van der Waals surface area contributed by atoms with E-state index >= 15 is 0 Å². The summed E-state index contributed by atoms with van der Waals surface area (Å²) in [5.74, 6) is -3.90. The van der Waals surface area contributed by atoms with Crippen molar-refractivity contribution in [1.29, 1.82) is 0 Å². The third-order valence-corrected chi connectivity index (χ3v) is 3.06. The van der Waals surface area contributed by atoms with Crippen LogP contribution in [0.2, 0.25) is 0 Å². The topological polar surface area (TPSA) is 50.3 Å². The van der Waals surface area contributed by atoms with E-state index in [4.69, 9.17) is 0 Å². The number of Topliss-reactive ketones (excluding diaryl/α,β-unsaturated/α-hetero) is 1. The van der Waals surface area contributed by atoms with Crippen LogP contribution >= 0.6 is 0 Å². The van der Waals surface area contributed by atoms with E-state index in [1.54, 1.807) is 24.4 Å². The van der Waals surface area contributed by atoms with Crippen LogP contribution in [0.5, 0.6) is 0 Å². The Morgan fingerprint density at radius 1 is 1.10 bits per heavy atom. The molecule has 0 N–H and O–H groups in total. The fourth-order valence-corrected chi connectivity index (χ4v) is 2.10. The van der Waals surface area contributed by atoms with E-state index < -0.39 is 23.3 Å². The molecule has 6 heteroatoms. The van der Waals surface area contributed by atoms with Gasteiger partial charge in [-0.1, -0.05) is 6.07 Å². The van der Waals surface area contributed by atoms with E-state index in [0.717, 1.165) is 17.0 Å². The van der Waals surface area contributed by atoms with Crippen molar-refractivity contribution in [3.63, 3.8) is 0 Å². The molecule has 0 atom stereocenters. The first-order valence-electron chi connectivity index (χ1n) is 5.83. The lowest BCUT2D eigenvalue weighted by Gasteiger charge is -2.15. The first kappa shape index (κ1) is 12.4. The lowest BCUT2D eigenvalue weighted by Crippen LogP contribution is -2.29. The van der Waals surface area contributed by atoms with Crippen LogP contribution in [0.25, 0.3) is 0 Å². The smallest absolute Gasteiger partial charge is 0.299 e. The minimum absolute atomic E-state index is 0.0312. The molecule has 4 nitrogen and oxygen atoms in total. The molecular weight excluding hydrogens is 266 g/mol.